The molecule has 1 rings (SSSR count). The van der Waals surface area contributed by atoms with Crippen LogP contribution in [0.3, 0.4) is 0 Å². The summed E-state index contributed by atoms with van der Waals surface area (Å²) in [4.78, 5) is 14.0. The molecule has 4 nitrogen and oxygen atoms in total. The number of benzene rings is 1. The van der Waals surface area contributed by atoms with Crippen LogP contribution in [0, 0.1) is 0 Å². The molecular weight excluding hydrogens is 264 g/mol. The van der Waals surface area contributed by atoms with E-state index in [1.165, 1.54) is 0 Å². The molecular formula is C17H28N2O2. The number of carbonyl (C=O) groups excluding carboxylic acids is 1. The van der Waals surface area contributed by atoms with Gasteiger partial charge < -0.3 is 15.0 Å². The van der Waals surface area contributed by atoms with E-state index in [9.17, 15) is 4.79 Å². The van der Waals surface area contributed by atoms with Crippen LogP contribution in [0.5, 0.6) is 5.75 Å². The lowest BCUT2D eigenvalue weighted by Crippen LogP contribution is -2.38. The van der Waals surface area contributed by atoms with Crippen LogP contribution in [-0.2, 0) is 11.2 Å². The fourth-order valence-corrected chi connectivity index (χ4v) is 2.22. The second-order valence-electron chi connectivity index (χ2n) is 5.73. The second kappa shape index (κ2) is 8.67. The molecule has 0 spiro atoms. The van der Waals surface area contributed by atoms with Gasteiger partial charge in [0.25, 0.3) is 0 Å². The molecule has 0 saturated heterocycles. The normalized spacial score (nSPS) is 12.3. The molecule has 0 radical (unpaired) electrons. The highest BCUT2D eigenvalue weighted by Crippen LogP contribution is 2.20. The molecule has 21 heavy (non-hydrogen) atoms. The number of para-hydroxylation sites is 1. The lowest BCUT2D eigenvalue weighted by Gasteiger charge is -2.26. The summed E-state index contributed by atoms with van der Waals surface area (Å²) in [7, 11) is 3.55. The molecule has 1 atom stereocenters. The zero-order chi connectivity index (χ0) is 15.8. The zero-order valence-corrected chi connectivity index (χ0v) is 13.8. The average Bonchev–Trinajstić information content (AvgIpc) is 2.46. The summed E-state index contributed by atoms with van der Waals surface area (Å²) in [5.41, 5.74) is 1.13. The van der Waals surface area contributed by atoms with E-state index in [1.54, 1.807) is 7.11 Å². The van der Waals surface area contributed by atoms with Crippen molar-refractivity contribution in [3.8, 4) is 5.75 Å². The molecule has 118 valence electrons. The van der Waals surface area contributed by atoms with E-state index >= 15 is 0 Å². The van der Waals surface area contributed by atoms with Gasteiger partial charge in [0.05, 0.1) is 7.11 Å². The van der Waals surface area contributed by atoms with Gasteiger partial charge in [0.2, 0.25) is 5.91 Å². The Morgan fingerprint density at radius 3 is 2.57 bits per heavy atom. The van der Waals surface area contributed by atoms with Crippen molar-refractivity contribution in [3.63, 3.8) is 0 Å². The number of carbonyl (C=O) groups is 1. The van der Waals surface area contributed by atoms with E-state index in [2.05, 4.69) is 26.1 Å². The number of hydrogen-bond acceptors (Lipinski definition) is 3. The van der Waals surface area contributed by atoms with E-state index in [1.807, 2.05) is 36.2 Å². The molecule has 1 amide bonds. The number of ether oxygens (including phenoxy) is 1. The molecule has 0 saturated carbocycles. The van der Waals surface area contributed by atoms with Gasteiger partial charge in [-0.1, -0.05) is 32.0 Å². The number of rotatable bonds is 8. The molecule has 0 bridgehead atoms. The third-order valence-corrected chi connectivity index (χ3v) is 3.65. The van der Waals surface area contributed by atoms with Crippen LogP contribution in [0.25, 0.3) is 0 Å². The predicted octanol–water partition coefficient (Wildman–Crippen LogP) is 2.47. The van der Waals surface area contributed by atoms with Gasteiger partial charge in [-0.05, 0) is 25.0 Å². The van der Waals surface area contributed by atoms with Crippen molar-refractivity contribution in [2.45, 2.75) is 45.7 Å². The summed E-state index contributed by atoms with van der Waals surface area (Å²) in [6.45, 7) is 6.96. The standard InChI is InChI=1S/C17H28N2O2/c1-13(2)18-11-10-17(20)19(4)14(3)12-15-8-6-7-9-16(15)21-5/h6-9,13-14,18H,10-12H2,1-5H3. The highest BCUT2D eigenvalue weighted by Gasteiger charge is 2.17. The molecule has 0 aromatic heterocycles. The van der Waals surface area contributed by atoms with Crippen molar-refractivity contribution >= 4 is 5.91 Å². The van der Waals surface area contributed by atoms with Crippen molar-refractivity contribution in [1.29, 1.82) is 0 Å². The molecule has 0 aliphatic rings. The highest BCUT2D eigenvalue weighted by molar-refractivity contribution is 5.76. The average molecular weight is 292 g/mol. The summed E-state index contributed by atoms with van der Waals surface area (Å²) < 4.78 is 5.36. The Hall–Kier alpha value is -1.55. The van der Waals surface area contributed by atoms with Gasteiger partial charge in [0.1, 0.15) is 5.75 Å². The van der Waals surface area contributed by atoms with Crippen molar-refractivity contribution in [2.75, 3.05) is 20.7 Å². The quantitative estimate of drug-likeness (QED) is 0.800. The third kappa shape index (κ3) is 5.76. The van der Waals surface area contributed by atoms with Crippen molar-refractivity contribution in [2.24, 2.45) is 0 Å². The molecule has 1 aromatic carbocycles. The van der Waals surface area contributed by atoms with Gasteiger partial charge in [-0.2, -0.15) is 0 Å². The van der Waals surface area contributed by atoms with Gasteiger partial charge >= 0.3 is 0 Å². The molecule has 0 fully saturated rings. The summed E-state index contributed by atoms with van der Waals surface area (Å²) >= 11 is 0. The fourth-order valence-electron chi connectivity index (χ4n) is 2.22. The van der Waals surface area contributed by atoms with E-state index in [-0.39, 0.29) is 11.9 Å². The summed E-state index contributed by atoms with van der Waals surface area (Å²) in [5.74, 6) is 1.05. The maximum Gasteiger partial charge on any atom is 0.223 e. The summed E-state index contributed by atoms with van der Waals surface area (Å²) in [6.07, 6.45) is 1.33. The van der Waals surface area contributed by atoms with Crippen LogP contribution >= 0.6 is 0 Å². The van der Waals surface area contributed by atoms with Gasteiger partial charge in [-0.25, -0.2) is 0 Å². The lowest BCUT2D eigenvalue weighted by atomic mass is 10.0. The number of likely N-dealkylation sites (N-methyl/N-ethyl adjacent to an activating group) is 1. The van der Waals surface area contributed by atoms with E-state index in [0.717, 1.165) is 24.3 Å². The fraction of sp³-hybridized carbons (Fsp3) is 0.588. The topological polar surface area (TPSA) is 41.6 Å². The maximum atomic E-state index is 12.2. The summed E-state index contributed by atoms with van der Waals surface area (Å²) in [5, 5.41) is 3.27. The Morgan fingerprint density at radius 1 is 1.29 bits per heavy atom. The lowest BCUT2D eigenvalue weighted by molar-refractivity contribution is -0.131. The zero-order valence-electron chi connectivity index (χ0n) is 13.8. The highest BCUT2D eigenvalue weighted by atomic mass is 16.5. The van der Waals surface area contributed by atoms with Gasteiger partial charge in [-0.15, -0.1) is 0 Å². The number of amides is 1. The Kier molecular flexibility index (Phi) is 7.23. The number of hydrogen-bond donors (Lipinski definition) is 1. The molecule has 0 heterocycles. The van der Waals surface area contributed by atoms with Crippen LogP contribution in [0.4, 0.5) is 0 Å². The Morgan fingerprint density at radius 2 is 1.95 bits per heavy atom. The van der Waals surface area contributed by atoms with E-state index in [4.69, 9.17) is 4.74 Å². The smallest absolute Gasteiger partial charge is 0.223 e. The molecule has 0 aliphatic heterocycles. The summed E-state index contributed by atoms with van der Waals surface area (Å²) in [6, 6.07) is 8.52. The Labute approximate surface area is 128 Å². The number of nitrogens with zero attached hydrogens (tertiary/aromatic N) is 1. The minimum atomic E-state index is 0.146. The first-order valence-corrected chi connectivity index (χ1v) is 7.56. The molecule has 4 heteroatoms. The molecule has 0 aliphatic carbocycles. The molecule has 1 N–H and O–H groups in total. The molecule has 1 unspecified atom stereocenters. The minimum Gasteiger partial charge on any atom is -0.496 e. The Bertz CT molecular complexity index is 446. The Balaban J connectivity index is 2.53. The minimum absolute atomic E-state index is 0.146. The largest absolute Gasteiger partial charge is 0.496 e. The van der Waals surface area contributed by atoms with Crippen molar-refractivity contribution in [1.82, 2.24) is 10.2 Å². The third-order valence-electron chi connectivity index (χ3n) is 3.65. The SMILES string of the molecule is COc1ccccc1CC(C)N(C)C(=O)CCNC(C)C. The number of nitrogens with one attached hydrogen (secondary N) is 1. The van der Waals surface area contributed by atoms with E-state index in [0.29, 0.717) is 12.5 Å². The first-order valence-electron chi connectivity index (χ1n) is 7.56. The second-order valence-corrected chi connectivity index (χ2v) is 5.73. The molecule has 1 aromatic rings. The van der Waals surface area contributed by atoms with Crippen LogP contribution < -0.4 is 10.1 Å². The number of methoxy groups -OCH3 is 1. The van der Waals surface area contributed by atoms with Gasteiger partial charge in [0, 0.05) is 32.1 Å². The first-order chi connectivity index (χ1) is 9.95. The van der Waals surface area contributed by atoms with Crippen LogP contribution in [0.15, 0.2) is 24.3 Å². The van der Waals surface area contributed by atoms with Crippen molar-refractivity contribution in [3.05, 3.63) is 29.8 Å². The van der Waals surface area contributed by atoms with Crippen LogP contribution in [0.2, 0.25) is 0 Å². The van der Waals surface area contributed by atoms with Gasteiger partial charge in [-0.3, -0.25) is 4.79 Å². The van der Waals surface area contributed by atoms with Crippen LogP contribution in [-0.4, -0.2) is 43.6 Å². The van der Waals surface area contributed by atoms with Gasteiger partial charge in [0.15, 0.2) is 0 Å². The van der Waals surface area contributed by atoms with Crippen molar-refractivity contribution < 1.29 is 9.53 Å². The van der Waals surface area contributed by atoms with Crippen LogP contribution in [0.1, 0.15) is 32.8 Å². The van der Waals surface area contributed by atoms with E-state index < -0.39 is 0 Å². The first kappa shape index (κ1) is 17.5. The maximum absolute atomic E-state index is 12.2. The predicted molar refractivity (Wildman–Crippen MR) is 86.7 cm³/mol. The monoisotopic (exact) mass is 292 g/mol.